The van der Waals surface area contributed by atoms with Gasteiger partial charge in [-0.1, -0.05) is 6.07 Å². The predicted molar refractivity (Wildman–Crippen MR) is 81.5 cm³/mol. The second-order valence-corrected chi connectivity index (χ2v) is 5.93. The molecule has 1 aromatic carbocycles. The minimum Gasteiger partial charge on any atom is -0.491 e. The molecule has 116 valence electrons. The van der Waals surface area contributed by atoms with E-state index in [1.165, 1.54) is 17.5 Å². The molecule has 2 aliphatic rings. The fraction of sp³-hybridized carbons (Fsp3) is 0.647. The lowest BCUT2D eigenvalue weighted by Crippen LogP contribution is -2.26. The Kier molecular flexibility index (Phi) is 5.12. The Morgan fingerprint density at radius 1 is 1.24 bits per heavy atom. The van der Waals surface area contributed by atoms with Crippen molar-refractivity contribution in [2.45, 2.75) is 38.5 Å². The summed E-state index contributed by atoms with van der Waals surface area (Å²) in [6.45, 7) is 4.16. The topological polar surface area (TPSA) is 30.9 Å². The summed E-state index contributed by atoms with van der Waals surface area (Å²) in [7, 11) is 2.16. The molecule has 0 radical (unpaired) electrons. The Bertz CT molecular complexity index is 457. The van der Waals surface area contributed by atoms with Crippen molar-refractivity contribution in [3.63, 3.8) is 0 Å². The maximum absolute atomic E-state index is 5.80. The van der Waals surface area contributed by atoms with E-state index in [9.17, 15) is 0 Å². The van der Waals surface area contributed by atoms with Crippen molar-refractivity contribution in [2.75, 3.05) is 33.4 Å². The average Bonchev–Trinajstić information content (AvgIpc) is 2.52. The first-order valence-corrected chi connectivity index (χ1v) is 7.97. The maximum Gasteiger partial charge on any atom is 0.157 e. The molecule has 1 unspecified atom stereocenters. The van der Waals surface area contributed by atoms with E-state index in [-0.39, 0.29) is 6.29 Å². The SMILES string of the molecule is CN1CCc2cc(OCCOC3CCCCO3)ccc2C1. The van der Waals surface area contributed by atoms with Crippen molar-refractivity contribution in [2.24, 2.45) is 0 Å². The van der Waals surface area contributed by atoms with Crippen LogP contribution in [0.1, 0.15) is 30.4 Å². The monoisotopic (exact) mass is 291 g/mol. The maximum atomic E-state index is 5.80. The van der Waals surface area contributed by atoms with Gasteiger partial charge in [-0.05, 0) is 56.0 Å². The average molecular weight is 291 g/mol. The first-order chi connectivity index (χ1) is 10.3. The summed E-state index contributed by atoms with van der Waals surface area (Å²) in [4.78, 5) is 2.35. The van der Waals surface area contributed by atoms with E-state index in [0.717, 1.165) is 44.7 Å². The third-order valence-corrected chi connectivity index (χ3v) is 4.17. The van der Waals surface area contributed by atoms with E-state index in [1.54, 1.807) is 0 Å². The number of nitrogens with zero attached hydrogens (tertiary/aromatic N) is 1. The summed E-state index contributed by atoms with van der Waals surface area (Å²) in [5.41, 5.74) is 2.84. The fourth-order valence-electron chi connectivity index (χ4n) is 2.94. The smallest absolute Gasteiger partial charge is 0.157 e. The Morgan fingerprint density at radius 3 is 3.05 bits per heavy atom. The van der Waals surface area contributed by atoms with Crippen molar-refractivity contribution in [3.05, 3.63) is 29.3 Å². The van der Waals surface area contributed by atoms with E-state index in [0.29, 0.717) is 13.2 Å². The molecule has 2 aliphatic heterocycles. The highest BCUT2D eigenvalue weighted by molar-refractivity contribution is 5.37. The molecule has 4 nitrogen and oxygen atoms in total. The van der Waals surface area contributed by atoms with Gasteiger partial charge in [0.1, 0.15) is 12.4 Å². The van der Waals surface area contributed by atoms with E-state index < -0.39 is 0 Å². The Morgan fingerprint density at radius 2 is 2.19 bits per heavy atom. The molecule has 0 N–H and O–H groups in total. The van der Waals surface area contributed by atoms with E-state index in [1.807, 2.05) is 0 Å². The third kappa shape index (κ3) is 4.19. The van der Waals surface area contributed by atoms with Gasteiger partial charge in [0.2, 0.25) is 0 Å². The van der Waals surface area contributed by atoms with Gasteiger partial charge in [0.05, 0.1) is 6.61 Å². The van der Waals surface area contributed by atoms with E-state index in [2.05, 4.69) is 30.1 Å². The molecule has 1 atom stereocenters. The van der Waals surface area contributed by atoms with Crippen LogP contribution < -0.4 is 4.74 Å². The first kappa shape index (κ1) is 14.8. The van der Waals surface area contributed by atoms with Crippen LogP contribution in [0.2, 0.25) is 0 Å². The zero-order valence-electron chi connectivity index (χ0n) is 12.8. The van der Waals surface area contributed by atoms with Crippen LogP contribution in [-0.2, 0) is 22.4 Å². The highest BCUT2D eigenvalue weighted by Crippen LogP contribution is 2.23. The van der Waals surface area contributed by atoms with Gasteiger partial charge in [-0.25, -0.2) is 0 Å². The van der Waals surface area contributed by atoms with Crippen molar-refractivity contribution in [3.8, 4) is 5.75 Å². The van der Waals surface area contributed by atoms with Gasteiger partial charge in [0.25, 0.3) is 0 Å². The summed E-state index contributed by atoms with van der Waals surface area (Å²) >= 11 is 0. The second kappa shape index (κ2) is 7.25. The summed E-state index contributed by atoms with van der Waals surface area (Å²) in [5, 5.41) is 0. The van der Waals surface area contributed by atoms with Crippen molar-refractivity contribution in [1.82, 2.24) is 4.90 Å². The van der Waals surface area contributed by atoms with Crippen molar-refractivity contribution < 1.29 is 14.2 Å². The largest absolute Gasteiger partial charge is 0.491 e. The molecule has 0 aromatic heterocycles. The highest BCUT2D eigenvalue weighted by atomic mass is 16.7. The second-order valence-electron chi connectivity index (χ2n) is 5.93. The molecular weight excluding hydrogens is 266 g/mol. The van der Waals surface area contributed by atoms with Crippen LogP contribution in [-0.4, -0.2) is 44.6 Å². The number of ether oxygens (including phenoxy) is 3. The quantitative estimate of drug-likeness (QED) is 0.780. The molecule has 1 fully saturated rings. The molecule has 4 heteroatoms. The van der Waals surface area contributed by atoms with Crippen LogP contribution in [0.4, 0.5) is 0 Å². The van der Waals surface area contributed by atoms with Gasteiger partial charge in [0.15, 0.2) is 6.29 Å². The zero-order valence-corrected chi connectivity index (χ0v) is 12.8. The van der Waals surface area contributed by atoms with E-state index >= 15 is 0 Å². The summed E-state index contributed by atoms with van der Waals surface area (Å²) in [5.74, 6) is 0.950. The van der Waals surface area contributed by atoms with Crippen molar-refractivity contribution >= 4 is 0 Å². The highest BCUT2D eigenvalue weighted by Gasteiger charge is 2.15. The Labute approximate surface area is 127 Å². The first-order valence-electron chi connectivity index (χ1n) is 7.97. The van der Waals surface area contributed by atoms with Gasteiger partial charge in [-0.3, -0.25) is 0 Å². The molecule has 1 aromatic rings. The van der Waals surface area contributed by atoms with Crippen LogP contribution in [0.3, 0.4) is 0 Å². The van der Waals surface area contributed by atoms with Crippen LogP contribution in [0, 0.1) is 0 Å². The lowest BCUT2D eigenvalue weighted by atomic mass is 10.00. The molecule has 0 amide bonds. The molecule has 2 heterocycles. The van der Waals surface area contributed by atoms with Gasteiger partial charge in [-0.2, -0.15) is 0 Å². The fourth-order valence-corrected chi connectivity index (χ4v) is 2.94. The number of hydrogen-bond acceptors (Lipinski definition) is 4. The molecule has 0 bridgehead atoms. The van der Waals surface area contributed by atoms with Crippen molar-refractivity contribution in [1.29, 1.82) is 0 Å². The molecule has 0 aliphatic carbocycles. The number of rotatable bonds is 5. The minimum atomic E-state index is -0.0265. The zero-order chi connectivity index (χ0) is 14.5. The molecule has 0 spiro atoms. The van der Waals surface area contributed by atoms with Crippen LogP contribution in [0.25, 0.3) is 0 Å². The molecule has 3 rings (SSSR count). The number of hydrogen-bond donors (Lipinski definition) is 0. The molecule has 0 saturated carbocycles. The van der Waals surface area contributed by atoms with Crippen LogP contribution in [0.15, 0.2) is 18.2 Å². The number of likely N-dealkylation sites (N-methyl/N-ethyl adjacent to an activating group) is 1. The number of benzene rings is 1. The normalized spacial score (nSPS) is 22.8. The van der Waals surface area contributed by atoms with E-state index in [4.69, 9.17) is 14.2 Å². The lowest BCUT2D eigenvalue weighted by molar-refractivity contribution is -0.165. The third-order valence-electron chi connectivity index (χ3n) is 4.17. The standard InChI is InChI=1S/C17H25NO3/c1-18-8-7-14-12-16(6-5-15(14)13-18)19-10-11-21-17-4-2-3-9-20-17/h5-6,12,17H,2-4,7-11,13H2,1H3. The van der Waals surface area contributed by atoms with Crippen LogP contribution in [0.5, 0.6) is 5.75 Å². The van der Waals surface area contributed by atoms with Gasteiger partial charge < -0.3 is 19.1 Å². The van der Waals surface area contributed by atoms with Crippen LogP contribution >= 0.6 is 0 Å². The lowest BCUT2D eigenvalue weighted by Gasteiger charge is -2.25. The Hall–Kier alpha value is -1.10. The number of fused-ring (bicyclic) bond motifs is 1. The van der Waals surface area contributed by atoms with Gasteiger partial charge >= 0.3 is 0 Å². The molecular formula is C17H25NO3. The summed E-state index contributed by atoms with van der Waals surface area (Å²) < 4.78 is 17.0. The molecule has 21 heavy (non-hydrogen) atoms. The van der Waals surface area contributed by atoms with Gasteiger partial charge in [-0.15, -0.1) is 0 Å². The van der Waals surface area contributed by atoms with Gasteiger partial charge in [0, 0.05) is 19.7 Å². The molecule has 1 saturated heterocycles. The summed E-state index contributed by atoms with van der Waals surface area (Å²) in [6.07, 6.45) is 4.44. The predicted octanol–water partition coefficient (Wildman–Crippen LogP) is 2.60. The minimum absolute atomic E-state index is 0.0265. The Balaban J connectivity index is 1.43. The summed E-state index contributed by atoms with van der Waals surface area (Å²) in [6, 6.07) is 6.43.